The van der Waals surface area contributed by atoms with Crippen molar-refractivity contribution in [3.8, 4) is 0 Å². The Balaban J connectivity index is 2.16. The first kappa shape index (κ1) is 11.9. The minimum absolute atomic E-state index is 0.202. The molecule has 1 heterocycles. The Morgan fingerprint density at radius 3 is 3.00 bits per heavy atom. The predicted molar refractivity (Wildman–Crippen MR) is 56.3 cm³/mol. The van der Waals surface area contributed by atoms with Gasteiger partial charge in [0.05, 0.1) is 18.8 Å². The third-order valence-electron chi connectivity index (χ3n) is 2.69. The van der Waals surface area contributed by atoms with Crippen LogP contribution in [-0.2, 0) is 9.47 Å². The Morgan fingerprint density at radius 1 is 1.64 bits per heavy atom. The molecule has 1 aliphatic rings. The number of morpholine rings is 1. The molecule has 2 atom stereocenters. The molecule has 1 saturated heterocycles. The van der Waals surface area contributed by atoms with Gasteiger partial charge in [-0.25, -0.2) is 0 Å². The highest BCUT2D eigenvalue weighted by molar-refractivity contribution is 4.70. The van der Waals surface area contributed by atoms with Crippen molar-refractivity contribution in [2.24, 2.45) is 5.73 Å². The van der Waals surface area contributed by atoms with Crippen LogP contribution in [0, 0.1) is 0 Å². The van der Waals surface area contributed by atoms with Crippen molar-refractivity contribution in [3.63, 3.8) is 0 Å². The molecule has 0 aliphatic carbocycles. The molecule has 0 saturated carbocycles. The van der Waals surface area contributed by atoms with Crippen LogP contribution >= 0.6 is 0 Å². The van der Waals surface area contributed by atoms with Gasteiger partial charge in [-0.1, -0.05) is 0 Å². The second-order valence-electron chi connectivity index (χ2n) is 3.86. The number of nitrogens with zero attached hydrogens (tertiary/aromatic N) is 1. The zero-order chi connectivity index (χ0) is 10.4. The molecule has 4 heteroatoms. The minimum Gasteiger partial charge on any atom is -0.380 e. The number of hydrogen-bond acceptors (Lipinski definition) is 4. The van der Waals surface area contributed by atoms with Crippen molar-refractivity contribution in [2.75, 3.05) is 39.9 Å². The fourth-order valence-electron chi connectivity index (χ4n) is 1.75. The van der Waals surface area contributed by atoms with Crippen LogP contribution in [0.3, 0.4) is 0 Å². The molecule has 1 fully saturated rings. The van der Waals surface area contributed by atoms with Crippen LogP contribution < -0.4 is 5.73 Å². The van der Waals surface area contributed by atoms with Crippen LogP contribution in [0.4, 0.5) is 0 Å². The van der Waals surface area contributed by atoms with Gasteiger partial charge in [0.1, 0.15) is 0 Å². The number of methoxy groups -OCH3 is 1. The zero-order valence-electron chi connectivity index (χ0n) is 9.24. The molecule has 0 amide bonds. The number of nitrogens with two attached hydrogens (primary N) is 1. The van der Waals surface area contributed by atoms with Crippen molar-refractivity contribution in [2.45, 2.75) is 25.6 Å². The first-order valence-corrected chi connectivity index (χ1v) is 5.33. The third kappa shape index (κ3) is 3.92. The van der Waals surface area contributed by atoms with Crippen molar-refractivity contribution in [1.29, 1.82) is 0 Å². The summed E-state index contributed by atoms with van der Waals surface area (Å²) in [5.41, 5.74) is 5.56. The van der Waals surface area contributed by atoms with Crippen LogP contribution in [0.2, 0.25) is 0 Å². The van der Waals surface area contributed by atoms with E-state index in [0.717, 1.165) is 32.7 Å². The molecule has 0 aromatic rings. The molecular formula is C10H22N2O2. The molecule has 2 unspecified atom stereocenters. The van der Waals surface area contributed by atoms with E-state index in [1.54, 1.807) is 7.11 Å². The van der Waals surface area contributed by atoms with E-state index in [1.165, 1.54) is 0 Å². The average Bonchev–Trinajstić information content (AvgIpc) is 2.19. The van der Waals surface area contributed by atoms with Gasteiger partial charge in [0.2, 0.25) is 0 Å². The Kier molecular flexibility index (Phi) is 5.40. The fraction of sp³-hybridized carbons (Fsp3) is 1.00. The van der Waals surface area contributed by atoms with Gasteiger partial charge in [-0.15, -0.1) is 0 Å². The van der Waals surface area contributed by atoms with E-state index in [2.05, 4.69) is 11.8 Å². The lowest BCUT2D eigenvalue weighted by atomic mass is 10.2. The predicted octanol–water partition coefficient (Wildman–Crippen LogP) is 0.0709. The first-order valence-electron chi connectivity index (χ1n) is 5.33. The number of ether oxygens (including phenoxy) is 2. The molecule has 4 nitrogen and oxygen atoms in total. The summed E-state index contributed by atoms with van der Waals surface area (Å²) in [5.74, 6) is 0. The average molecular weight is 202 g/mol. The van der Waals surface area contributed by atoms with E-state index < -0.39 is 0 Å². The molecule has 84 valence electrons. The smallest absolute Gasteiger partial charge is 0.0705 e. The van der Waals surface area contributed by atoms with Gasteiger partial charge in [0, 0.05) is 33.3 Å². The number of rotatable bonds is 5. The van der Waals surface area contributed by atoms with E-state index >= 15 is 0 Å². The van der Waals surface area contributed by atoms with Crippen LogP contribution in [-0.4, -0.2) is 57.0 Å². The van der Waals surface area contributed by atoms with Crippen molar-refractivity contribution < 1.29 is 9.47 Å². The standard InChI is InChI=1S/C10H22N2O2/c1-9-8-12(5-6-14-9)4-3-10(7-11)13-2/h9-10H,3-8,11H2,1-2H3. The lowest BCUT2D eigenvalue weighted by Gasteiger charge is -2.31. The third-order valence-corrected chi connectivity index (χ3v) is 2.69. The molecule has 0 aromatic carbocycles. The Morgan fingerprint density at radius 2 is 2.43 bits per heavy atom. The highest BCUT2D eigenvalue weighted by atomic mass is 16.5. The second kappa shape index (κ2) is 6.35. The van der Waals surface area contributed by atoms with Gasteiger partial charge in [0.25, 0.3) is 0 Å². The van der Waals surface area contributed by atoms with E-state index in [1.807, 2.05) is 0 Å². The summed E-state index contributed by atoms with van der Waals surface area (Å²) >= 11 is 0. The highest BCUT2D eigenvalue weighted by Crippen LogP contribution is 2.06. The summed E-state index contributed by atoms with van der Waals surface area (Å²) in [5, 5.41) is 0. The van der Waals surface area contributed by atoms with E-state index in [0.29, 0.717) is 12.6 Å². The van der Waals surface area contributed by atoms with Gasteiger partial charge in [-0.3, -0.25) is 4.90 Å². The van der Waals surface area contributed by atoms with Crippen LogP contribution in [0.5, 0.6) is 0 Å². The fourth-order valence-corrected chi connectivity index (χ4v) is 1.75. The molecule has 0 spiro atoms. The van der Waals surface area contributed by atoms with Crippen LogP contribution in [0.1, 0.15) is 13.3 Å². The molecule has 0 radical (unpaired) electrons. The summed E-state index contributed by atoms with van der Waals surface area (Å²) in [7, 11) is 1.72. The first-order chi connectivity index (χ1) is 6.76. The van der Waals surface area contributed by atoms with Gasteiger partial charge in [-0.05, 0) is 13.3 Å². The minimum atomic E-state index is 0.202. The second-order valence-corrected chi connectivity index (χ2v) is 3.86. The van der Waals surface area contributed by atoms with E-state index in [4.69, 9.17) is 15.2 Å². The monoisotopic (exact) mass is 202 g/mol. The molecule has 2 N–H and O–H groups in total. The van der Waals surface area contributed by atoms with Crippen molar-refractivity contribution in [1.82, 2.24) is 4.90 Å². The van der Waals surface area contributed by atoms with Gasteiger partial charge in [0.15, 0.2) is 0 Å². The number of hydrogen-bond donors (Lipinski definition) is 1. The zero-order valence-corrected chi connectivity index (χ0v) is 9.24. The molecule has 1 rings (SSSR count). The molecule has 0 aromatic heterocycles. The molecular weight excluding hydrogens is 180 g/mol. The molecule has 14 heavy (non-hydrogen) atoms. The maximum Gasteiger partial charge on any atom is 0.0705 e. The van der Waals surface area contributed by atoms with E-state index in [9.17, 15) is 0 Å². The summed E-state index contributed by atoms with van der Waals surface area (Å²) in [6.07, 6.45) is 1.58. The summed E-state index contributed by atoms with van der Waals surface area (Å²) in [6, 6.07) is 0. The lowest BCUT2D eigenvalue weighted by molar-refractivity contribution is -0.0234. The van der Waals surface area contributed by atoms with Crippen LogP contribution in [0.15, 0.2) is 0 Å². The lowest BCUT2D eigenvalue weighted by Crippen LogP contribution is -2.42. The SMILES string of the molecule is COC(CN)CCN1CCOC(C)C1. The summed E-state index contributed by atoms with van der Waals surface area (Å²) < 4.78 is 10.7. The van der Waals surface area contributed by atoms with Gasteiger partial charge < -0.3 is 15.2 Å². The maximum absolute atomic E-state index is 5.56. The van der Waals surface area contributed by atoms with E-state index in [-0.39, 0.29) is 6.10 Å². The highest BCUT2D eigenvalue weighted by Gasteiger charge is 2.17. The summed E-state index contributed by atoms with van der Waals surface area (Å²) in [4.78, 5) is 2.41. The van der Waals surface area contributed by atoms with Crippen LogP contribution in [0.25, 0.3) is 0 Å². The van der Waals surface area contributed by atoms with Gasteiger partial charge in [-0.2, -0.15) is 0 Å². The largest absolute Gasteiger partial charge is 0.380 e. The molecule has 1 aliphatic heterocycles. The molecule has 0 bridgehead atoms. The Hall–Kier alpha value is -0.160. The van der Waals surface area contributed by atoms with Crippen molar-refractivity contribution in [3.05, 3.63) is 0 Å². The quantitative estimate of drug-likeness (QED) is 0.685. The maximum atomic E-state index is 5.56. The van der Waals surface area contributed by atoms with Gasteiger partial charge >= 0.3 is 0 Å². The Bertz CT molecular complexity index is 151. The Labute approximate surface area is 86.3 Å². The normalized spacial score (nSPS) is 26.4. The van der Waals surface area contributed by atoms with Crippen molar-refractivity contribution >= 4 is 0 Å². The topological polar surface area (TPSA) is 47.7 Å². The summed E-state index contributed by atoms with van der Waals surface area (Å²) in [6.45, 7) is 6.69.